The molecular weight excluding hydrogens is 731 g/mol. The minimum atomic E-state index is -0.612. The number of hydrogen-bond acceptors (Lipinski definition) is 6. The second-order valence-corrected chi connectivity index (χ2v) is 12.1. The highest BCUT2D eigenvalue weighted by Gasteiger charge is 2.08. The van der Waals surface area contributed by atoms with Crippen LogP contribution in [-0.2, 0) is 13.1 Å². The molecule has 0 radical (unpaired) electrons. The van der Waals surface area contributed by atoms with Crippen molar-refractivity contribution in [3.63, 3.8) is 0 Å². The molecule has 0 fully saturated rings. The van der Waals surface area contributed by atoms with Crippen LogP contribution in [0.4, 0.5) is 0 Å². The van der Waals surface area contributed by atoms with Gasteiger partial charge in [0.2, 0.25) is 0 Å². The molecule has 30 heavy (non-hydrogen) atoms. The Hall–Kier alpha value is 1.48. The molecule has 2 unspecified atom stereocenters. The number of hydrogen-bond donors (Lipinski definition) is 4. The lowest BCUT2D eigenvalue weighted by atomic mass is 10.2. The van der Waals surface area contributed by atoms with Crippen LogP contribution in [-0.4, -0.2) is 34.2 Å². The van der Waals surface area contributed by atoms with E-state index in [0.717, 1.165) is 29.0 Å². The van der Waals surface area contributed by atoms with Crippen LogP contribution in [0.25, 0.3) is 0 Å². The molecule has 2 aromatic rings. The third-order valence-corrected chi connectivity index (χ3v) is 7.68. The Balaban J connectivity index is 0.00000420. The fourth-order valence-corrected chi connectivity index (χ4v) is 7.05. The highest BCUT2D eigenvalue weighted by molar-refractivity contribution is 9.11. The fourth-order valence-electron chi connectivity index (χ4n) is 2.24. The summed E-state index contributed by atoms with van der Waals surface area (Å²) in [4.78, 5) is 0. The third-order valence-electron chi connectivity index (χ3n) is 3.46. The summed E-state index contributed by atoms with van der Waals surface area (Å²) in [5.74, 6) is 1.07. The molecular formula is C18H22Br4Cl2N2O2S2. The molecule has 4 N–H and O–H groups in total. The average Bonchev–Trinajstić information content (AvgIpc) is 2.60. The van der Waals surface area contributed by atoms with E-state index >= 15 is 0 Å². The van der Waals surface area contributed by atoms with Crippen molar-refractivity contribution in [2.75, 3.05) is 11.5 Å². The minimum absolute atomic E-state index is 0. The Kier molecular flexibility index (Phi) is 17.8. The summed E-state index contributed by atoms with van der Waals surface area (Å²) in [6.07, 6.45) is -1.22. The van der Waals surface area contributed by atoms with Gasteiger partial charge in [-0.25, -0.2) is 0 Å². The lowest BCUT2D eigenvalue weighted by Gasteiger charge is -2.15. The van der Waals surface area contributed by atoms with Gasteiger partial charge in [-0.3, -0.25) is 10.6 Å². The molecule has 0 saturated carbocycles. The van der Waals surface area contributed by atoms with Gasteiger partial charge in [0.25, 0.3) is 0 Å². The molecule has 170 valence electrons. The molecule has 0 aliphatic heterocycles. The zero-order chi connectivity index (χ0) is 20.5. The topological polar surface area (TPSA) is 64.5 Å². The van der Waals surface area contributed by atoms with Crippen molar-refractivity contribution in [2.24, 2.45) is 0 Å². The Bertz CT molecular complexity index is 677. The summed E-state index contributed by atoms with van der Waals surface area (Å²) in [5.41, 5.74) is 2.16. The van der Waals surface area contributed by atoms with Crippen LogP contribution in [0, 0.1) is 0 Å². The monoisotopic (exact) mass is 748 g/mol. The minimum Gasteiger partial charge on any atom is -0.378 e. The van der Waals surface area contributed by atoms with E-state index in [1.165, 1.54) is 21.6 Å². The van der Waals surface area contributed by atoms with Crippen LogP contribution >= 0.6 is 110 Å². The van der Waals surface area contributed by atoms with Gasteiger partial charge in [0.1, 0.15) is 12.5 Å². The Morgan fingerprint density at radius 2 is 0.933 bits per heavy atom. The van der Waals surface area contributed by atoms with E-state index in [2.05, 4.69) is 74.4 Å². The lowest BCUT2D eigenvalue weighted by molar-refractivity contribution is 0.158. The van der Waals surface area contributed by atoms with Gasteiger partial charge in [-0.05, 0) is 47.5 Å². The predicted octanol–water partition coefficient (Wildman–Crippen LogP) is 6.48. The van der Waals surface area contributed by atoms with Crippen molar-refractivity contribution in [2.45, 2.75) is 25.5 Å². The number of nitrogens with one attached hydrogen (secondary N) is 2. The number of aliphatic hydroxyl groups excluding tert-OH is 2. The van der Waals surface area contributed by atoms with E-state index in [-0.39, 0.29) is 24.8 Å². The van der Waals surface area contributed by atoms with E-state index in [4.69, 9.17) is 0 Å². The smallest absolute Gasteiger partial charge is 0.115 e. The van der Waals surface area contributed by atoms with Crippen molar-refractivity contribution in [3.05, 3.63) is 65.4 Å². The maximum absolute atomic E-state index is 10.1. The van der Waals surface area contributed by atoms with Gasteiger partial charge in [-0.1, -0.05) is 85.3 Å². The summed E-state index contributed by atoms with van der Waals surface area (Å²) in [6, 6.07) is 12.0. The second-order valence-electron chi connectivity index (χ2n) is 5.92. The van der Waals surface area contributed by atoms with E-state index in [1.54, 1.807) is 0 Å². The first-order chi connectivity index (χ1) is 13.3. The molecule has 0 heterocycles. The summed E-state index contributed by atoms with van der Waals surface area (Å²) in [6.45, 7) is 1.16. The van der Waals surface area contributed by atoms with Gasteiger partial charge in [0, 0.05) is 42.5 Å². The first-order valence-corrected chi connectivity index (χ1v) is 13.9. The molecule has 0 bridgehead atoms. The molecule has 0 aromatic heterocycles. The lowest BCUT2D eigenvalue weighted by Crippen LogP contribution is -2.31. The van der Waals surface area contributed by atoms with E-state index < -0.39 is 12.5 Å². The van der Waals surface area contributed by atoms with Crippen LogP contribution in [0.2, 0.25) is 0 Å². The summed E-state index contributed by atoms with van der Waals surface area (Å²) in [7, 11) is 3.06. The number of rotatable bonds is 11. The molecule has 2 rings (SSSR count). The Morgan fingerprint density at radius 1 is 0.633 bits per heavy atom. The molecule has 2 aromatic carbocycles. The number of benzene rings is 2. The second kappa shape index (κ2) is 17.0. The quantitative estimate of drug-likeness (QED) is 0.120. The number of halogens is 6. The van der Waals surface area contributed by atoms with Crippen LogP contribution in [0.5, 0.6) is 0 Å². The summed E-state index contributed by atoms with van der Waals surface area (Å²) >= 11 is 13.8. The van der Waals surface area contributed by atoms with Crippen LogP contribution in [0.1, 0.15) is 11.1 Å². The van der Waals surface area contributed by atoms with Crippen molar-refractivity contribution >= 4 is 110 Å². The average molecular weight is 753 g/mol. The molecule has 0 aliphatic rings. The van der Waals surface area contributed by atoms with Gasteiger partial charge < -0.3 is 10.2 Å². The molecule has 0 saturated heterocycles. The zero-order valence-electron chi connectivity index (χ0n) is 15.5. The van der Waals surface area contributed by atoms with Gasteiger partial charge in [0.15, 0.2) is 0 Å². The van der Waals surface area contributed by atoms with Crippen molar-refractivity contribution in [1.29, 1.82) is 0 Å². The third kappa shape index (κ3) is 13.3. The largest absolute Gasteiger partial charge is 0.378 e. The van der Waals surface area contributed by atoms with Crippen LogP contribution in [0.15, 0.2) is 54.3 Å². The van der Waals surface area contributed by atoms with Gasteiger partial charge in [0.05, 0.1) is 0 Å². The van der Waals surface area contributed by atoms with Gasteiger partial charge in [-0.15, -0.1) is 24.8 Å². The summed E-state index contributed by atoms with van der Waals surface area (Å²) < 4.78 is 3.98. The maximum atomic E-state index is 10.1. The van der Waals surface area contributed by atoms with Crippen molar-refractivity contribution in [3.8, 4) is 0 Å². The molecule has 0 amide bonds. The van der Waals surface area contributed by atoms with Crippen LogP contribution < -0.4 is 10.6 Å². The first-order valence-electron chi connectivity index (χ1n) is 8.29. The molecule has 2 atom stereocenters. The predicted molar refractivity (Wildman–Crippen MR) is 149 cm³/mol. The van der Waals surface area contributed by atoms with Crippen molar-refractivity contribution in [1.82, 2.24) is 10.6 Å². The molecule has 0 spiro atoms. The highest BCUT2D eigenvalue weighted by Crippen LogP contribution is 2.24. The van der Waals surface area contributed by atoms with Gasteiger partial charge in [-0.2, -0.15) is 0 Å². The van der Waals surface area contributed by atoms with Gasteiger partial charge >= 0.3 is 0 Å². The molecule has 12 heteroatoms. The SMILES string of the molecule is Cl.Cl.OC(CSSCC(O)NCc1cc(Br)cc(Br)c1)NCc1cc(Br)cc(Br)c1. The summed E-state index contributed by atoms with van der Waals surface area (Å²) in [5, 5.41) is 26.3. The highest BCUT2D eigenvalue weighted by atomic mass is 79.9. The molecule has 0 aliphatic carbocycles. The Morgan fingerprint density at radius 3 is 1.23 bits per heavy atom. The Labute approximate surface area is 231 Å². The van der Waals surface area contributed by atoms with E-state index in [9.17, 15) is 10.2 Å². The van der Waals surface area contributed by atoms with E-state index in [0.29, 0.717) is 24.6 Å². The van der Waals surface area contributed by atoms with Crippen LogP contribution in [0.3, 0.4) is 0 Å². The zero-order valence-corrected chi connectivity index (χ0v) is 25.1. The van der Waals surface area contributed by atoms with Crippen molar-refractivity contribution < 1.29 is 10.2 Å². The standard InChI is InChI=1S/C18H20Br4N2O2S2.2ClH/c19-13-1-11(2-14(20)5-13)7-23-17(25)9-27-28-10-18(26)24-8-12-3-15(21)6-16(22)4-12;;/h1-6,17-18,23-26H,7-10H2;2*1H. The maximum Gasteiger partial charge on any atom is 0.115 e. The fraction of sp³-hybridized carbons (Fsp3) is 0.333. The van der Waals surface area contributed by atoms with E-state index in [1.807, 2.05) is 36.4 Å². The molecule has 4 nitrogen and oxygen atoms in total. The first kappa shape index (κ1) is 31.5. The number of aliphatic hydroxyl groups is 2. The normalized spacial score (nSPS) is 12.6.